The van der Waals surface area contributed by atoms with Crippen molar-refractivity contribution in [3.63, 3.8) is 0 Å². The smallest absolute Gasteiger partial charge is 0.123 e. The Bertz CT molecular complexity index is 392. The van der Waals surface area contributed by atoms with Gasteiger partial charge in [0.05, 0.1) is 0 Å². The van der Waals surface area contributed by atoms with Crippen LogP contribution in [-0.2, 0) is 0 Å². The molecule has 0 aromatic heterocycles. The highest BCUT2D eigenvalue weighted by molar-refractivity contribution is 5.20. The minimum absolute atomic E-state index is 0.143. The van der Waals surface area contributed by atoms with Crippen LogP contribution in [0.15, 0.2) is 24.3 Å². The SMILES string of the molecule is CC(C)NC1CCN(C(C)c2cccc(F)c2)C1. The lowest BCUT2D eigenvalue weighted by atomic mass is 10.1. The summed E-state index contributed by atoms with van der Waals surface area (Å²) in [4.78, 5) is 2.43. The molecule has 0 amide bonds. The van der Waals surface area contributed by atoms with E-state index < -0.39 is 0 Å². The van der Waals surface area contributed by atoms with E-state index in [-0.39, 0.29) is 5.82 Å². The molecule has 1 aromatic carbocycles. The van der Waals surface area contributed by atoms with Crippen molar-refractivity contribution in [2.24, 2.45) is 0 Å². The van der Waals surface area contributed by atoms with E-state index in [1.165, 1.54) is 12.5 Å². The normalized spacial score (nSPS) is 22.6. The number of halogens is 1. The predicted octanol–water partition coefficient (Wildman–Crippen LogP) is 2.96. The predicted molar refractivity (Wildman–Crippen MR) is 73.1 cm³/mol. The van der Waals surface area contributed by atoms with E-state index in [9.17, 15) is 4.39 Å². The molecule has 1 aromatic rings. The van der Waals surface area contributed by atoms with Gasteiger partial charge in [-0.25, -0.2) is 4.39 Å². The van der Waals surface area contributed by atoms with Crippen LogP contribution in [-0.4, -0.2) is 30.1 Å². The first kappa shape index (κ1) is 13.5. The molecule has 2 nitrogen and oxygen atoms in total. The van der Waals surface area contributed by atoms with Gasteiger partial charge in [-0.3, -0.25) is 4.90 Å². The van der Waals surface area contributed by atoms with Crippen molar-refractivity contribution in [2.45, 2.75) is 45.3 Å². The molecule has 1 aliphatic rings. The Morgan fingerprint density at radius 2 is 2.11 bits per heavy atom. The molecular formula is C15H23FN2. The van der Waals surface area contributed by atoms with Crippen LogP contribution in [0.5, 0.6) is 0 Å². The van der Waals surface area contributed by atoms with E-state index in [1.54, 1.807) is 12.1 Å². The summed E-state index contributed by atoms with van der Waals surface area (Å²) >= 11 is 0. The average molecular weight is 250 g/mol. The summed E-state index contributed by atoms with van der Waals surface area (Å²) in [5, 5.41) is 3.57. The van der Waals surface area contributed by atoms with E-state index in [0.29, 0.717) is 18.1 Å². The van der Waals surface area contributed by atoms with Gasteiger partial charge in [-0.05, 0) is 31.0 Å². The van der Waals surface area contributed by atoms with Crippen molar-refractivity contribution in [3.05, 3.63) is 35.6 Å². The average Bonchev–Trinajstić information content (AvgIpc) is 2.75. The van der Waals surface area contributed by atoms with Crippen molar-refractivity contribution in [3.8, 4) is 0 Å². The zero-order valence-electron chi connectivity index (χ0n) is 11.5. The van der Waals surface area contributed by atoms with E-state index in [4.69, 9.17) is 0 Å². The highest BCUT2D eigenvalue weighted by Gasteiger charge is 2.26. The molecule has 1 aliphatic heterocycles. The fourth-order valence-electron chi connectivity index (χ4n) is 2.72. The topological polar surface area (TPSA) is 15.3 Å². The quantitative estimate of drug-likeness (QED) is 0.884. The number of hydrogen-bond donors (Lipinski definition) is 1. The zero-order valence-corrected chi connectivity index (χ0v) is 11.5. The van der Waals surface area contributed by atoms with Crippen LogP contribution >= 0.6 is 0 Å². The van der Waals surface area contributed by atoms with Crippen LogP contribution in [0.25, 0.3) is 0 Å². The van der Waals surface area contributed by atoms with Crippen molar-refractivity contribution in [1.29, 1.82) is 0 Å². The van der Waals surface area contributed by atoms with Gasteiger partial charge in [0, 0.05) is 31.2 Å². The first-order valence-electron chi connectivity index (χ1n) is 6.82. The van der Waals surface area contributed by atoms with Crippen LogP contribution in [0.2, 0.25) is 0 Å². The van der Waals surface area contributed by atoms with Crippen LogP contribution < -0.4 is 5.32 Å². The van der Waals surface area contributed by atoms with Crippen LogP contribution in [0.3, 0.4) is 0 Å². The molecule has 1 heterocycles. The van der Waals surface area contributed by atoms with Gasteiger partial charge < -0.3 is 5.32 Å². The van der Waals surface area contributed by atoms with E-state index in [0.717, 1.165) is 18.7 Å². The van der Waals surface area contributed by atoms with E-state index >= 15 is 0 Å². The standard InChI is InChI=1S/C15H23FN2/c1-11(2)17-15-7-8-18(10-15)12(3)13-5-4-6-14(16)9-13/h4-6,9,11-12,15,17H,7-8,10H2,1-3H3. The Labute approximate surface area is 109 Å². The third-order valence-corrected chi connectivity index (χ3v) is 3.67. The van der Waals surface area contributed by atoms with Gasteiger partial charge in [0.2, 0.25) is 0 Å². The summed E-state index contributed by atoms with van der Waals surface area (Å²) in [6.07, 6.45) is 1.18. The molecule has 0 bridgehead atoms. The second kappa shape index (κ2) is 5.81. The van der Waals surface area contributed by atoms with Gasteiger partial charge in [0.15, 0.2) is 0 Å². The minimum Gasteiger partial charge on any atom is -0.310 e. The Kier molecular flexibility index (Phi) is 4.36. The second-order valence-electron chi connectivity index (χ2n) is 5.53. The Morgan fingerprint density at radius 3 is 2.78 bits per heavy atom. The first-order valence-corrected chi connectivity index (χ1v) is 6.82. The molecule has 2 atom stereocenters. The molecule has 0 spiro atoms. The maximum atomic E-state index is 13.2. The van der Waals surface area contributed by atoms with E-state index in [2.05, 4.69) is 31.0 Å². The summed E-state index contributed by atoms with van der Waals surface area (Å²) in [5.41, 5.74) is 1.07. The molecular weight excluding hydrogens is 227 g/mol. The Hall–Kier alpha value is -0.930. The number of hydrogen-bond acceptors (Lipinski definition) is 2. The molecule has 0 radical (unpaired) electrons. The van der Waals surface area contributed by atoms with Crippen molar-refractivity contribution >= 4 is 0 Å². The summed E-state index contributed by atoms with van der Waals surface area (Å²) in [6, 6.07) is 8.34. The second-order valence-corrected chi connectivity index (χ2v) is 5.53. The van der Waals surface area contributed by atoms with Gasteiger partial charge in [0.25, 0.3) is 0 Å². The van der Waals surface area contributed by atoms with Crippen molar-refractivity contribution in [2.75, 3.05) is 13.1 Å². The third kappa shape index (κ3) is 3.30. The maximum Gasteiger partial charge on any atom is 0.123 e. The summed E-state index contributed by atoms with van der Waals surface area (Å²) in [6.45, 7) is 8.65. The molecule has 1 fully saturated rings. The van der Waals surface area contributed by atoms with Gasteiger partial charge in [-0.15, -0.1) is 0 Å². The molecule has 3 heteroatoms. The molecule has 0 saturated carbocycles. The minimum atomic E-state index is -0.143. The summed E-state index contributed by atoms with van der Waals surface area (Å²) < 4.78 is 13.2. The fourth-order valence-corrected chi connectivity index (χ4v) is 2.72. The van der Waals surface area contributed by atoms with Crippen molar-refractivity contribution < 1.29 is 4.39 Å². The van der Waals surface area contributed by atoms with Crippen LogP contribution in [0, 0.1) is 5.82 Å². The lowest BCUT2D eigenvalue weighted by Gasteiger charge is -2.25. The molecule has 1 saturated heterocycles. The number of nitrogens with one attached hydrogen (secondary N) is 1. The van der Waals surface area contributed by atoms with Crippen molar-refractivity contribution in [1.82, 2.24) is 10.2 Å². The molecule has 100 valence electrons. The molecule has 18 heavy (non-hydrogen) atoms. The number of likely N-dealkylation sites (tertiary alicyclic amines) is 1. The molecule has 0 aliphatic carbocycles. The number of nitrogens with zero attached hydrogens (tertiary/aromatic N) is 1. The number of benzene rings is 1. The Balaban J connectivity index is 1.97. The zero-order chi connectivity index (χ0) is 13.1. The summed E-state index contributed by atoms with van der Waals surface area (Å²) in [7, 11) is 0. The first-order chi connectivity index (χ1) is 8.56. The monoisotopic (exact) mass is 250 g/mol. The largest absolute Gasteiger partial charge is 0.310 e. The fraction of sp³-hybridized carbons (Fsp3) is 0.600. The summed E-state index contributed by atoms with van der Waals surface area (Å²) in [5.74, 6) is -0.143. The van der Waals surface area contributed by atoms with Gasteiger partial charge in [-0.1, -0.05) is 26.0 Å². The van der Waals surface area contributed by atoms with Crippen LogP contribution in [0.4, 0.5) is 4.39 Å². The van der Waals surface area contributed by atoms with E-state index in [1.807, 2.05) is 6.07 Å². The lowest BCUT2D eigenvalue weighted by molar-refractivity contribution is 0.253. The molecule has 2 rings (SSSR count). The highest BCUT2D eigenvalue weighted by Crippen LogP contribution is 2.25. The van der Waals surface area contributed by atoms with Gasteiger partial charge >= 0.3 is 0 Å². The molecule has 1 N–H and O–H groups in total. The number of rotatable bonds is 4. The third-order valence-electron chi connectivity index (χ3n) is 3.67. The molecule has 2 unspecified atom stereocenters. The van der Waals surface area contributed by atoms with Crippen LogP contribution in [0.1, 0.15) is 38.8 Å². The van der Waals surface area contributed by atoms with Gasteiger partial charge in [-0.2, -0.15) is 0 Å². The van der Waals surface area contributed by atoms with Gasteiger partial charge in [0.1, 0.15) is 5.82 Å². The lowest BCUT2D eigenvalue weighted by Crippen LogP contribution is -2.37. The highest BCUT2D eigenvalue weighted by atomic mass is 19.1. The Morgan fingerprint density at radius 1 is 1.33 bits per heavy atom. The maximum absolute atomic E-state index is 13.2.